The van der Waals surface area contributed by atoms with Crippen LogP contribution in [-0.2, 0) is 0 Å². The highest BCUT2D eigenvalue weighted by Gasteiger charge is 2.21. The first-order chi connectivity index (χ1) is 25.7. The van der Waals surface area contributed by atoms with E-state index in [9.17, 15) is 5.26 Å². The number of aromatic nitrogens is 4. The van der Waals surface area contributed by atoms with E-state index in [4.69, 9.17) is 19.4 Å². The van der Waals surface area contributed by atoms with Gasteiger partial charge >= 0.3 is 0 Å². The third-order valence-electron chi connectivity index (χ3n) is 9.69. The lowest BCUT2D eigenvalue weighted by Gasteiger charge is -2.16. The van der Waals surface area contributed by atoms with Crippen molar-refractivity contribution in [3.8, 4) is 57.0 Å². The molecule has 6 nitrogen and oxygen atoms in total. The number of hydrogen-bond donors (Lipinski definition) is 0. The van der Waals surface area contributed by atoms with Crippen LogP contribution in [0.25, 0.3) is 94.7 Å². The van der Waals surface area contributed by atoms with Gasteiger partial charge in [0.1, 0.15) is 11.2 Å². The molecule has 3 heterocycles. The fourth-order valence-electron chi connectivity index (χ4n) is 7.22. The van der Waals surface area contributed by atoms with Gasteiger partial charge in [-0.25, -0.2) is 15.0 Å². The van der Waals surface area contributed by atoms with Crippen LogP contribution in [0, 0.1) is 11.3 Å². The van der Waals surface area contributed by atoms with Crippen molar-refractivity contribution in [2.45, 2.75) is 0 Å². The molecule has 0 saturated carbocycles. The molecule has 0 amide bonds. The largest absolute Gasteiger partial charge is 0.456 e. The minimum absolute atomic E-state index is 0.543. The van der Waals surface area contributed by atoms with Gasteiger partial charge in [-0.15, -0.1) is 0 Å². The van der Waals surface area contributed by atoms with Crippen molar-refractivity contribution in [2.24, 2.45) is 0 Å². The fourth-order valence-corrected chi connectivity index (χ4v) is 7.22. The smallest absolute Gasteiger partial charge is 0.166 e. The van der Waals surface area contributed by atoms with Crippen LogP contribution in [0.3, 0.4) is 0 Å². The number of furan rings is 1. The molecule has 6 heteroatoms. The molecule has 0 atom stereocenters. The van der Waals surface area contributed by atoms with Crippen molar-refractivity contribution in [3.05, 3.63) is 169 Å². The Morgan fingerprint density at radius 3 is 1.79 bits per heavy atom. The average molecular weight is 666 g/mol. The molecule has 0 aliphatic heterocycles. The number of fused-ring (bicyclic) bond motifs is 6. The van der Waals surface area contributed by atoms with Crippen LogP contribution in [0.15, 0.2) is 168 Å². The second kappa shape index (κ2) is 11.9. The minimum atomic E-state index is 0.543. The van der Waals surface area contributed by atoms with Gasteiger partial charge in [0.2, 0.25) is 0 Å². The number of nitrogens with zero attached hydrogens (tertiary/aromatic N) is 5. The summed E-state index contributed by atoms with van der Waals surface area (Å²) in [7, 11) is 0. The third-order valence-corrected chi connectivity index (χ3v) is 9.69. The van der Waals surface area contributed by atoms with Crippen molar-refractivity contribution in [1.82, 2.24) is 19.5 Å². The highest BCUT2D eigenvalue weighted by molar-refractivity contribution is 6.10. The van der Waals surface area contributed by atoms with E-state index in [1.54, 1.807) is 0 Å². The second-order valence-electron chi connectivity index (χ2n) is 12.8. The molecule has 0 radical (unpaired) electrons. The Kier molecular flexibility index (Phi) is 6.76. The minimum Gasteiger partial charge on any atom is -0.456 e. The molecule has 0 bridgehead atoms. The lowest BCUT2D eigenvalue weighted by atomic mass is 9.99. The predicted octanol–water partition coefficient (Wildman–Crippen LogP) is 11.4. The average Bonchev–Trinajstić information content (AvgIpc) is 3.76. The van der Waals surface area contributed by atoms with E-state index in [1.807, 2.05) is 115 Å². The lowest BCUT2D eigenvalue weighted by molar-refractivity contribution is 0.669. The van der Waals surface area contributed by atoms with Gasteiger partial charge < -0.3 is 8.98 Å². The van der Waals surface area contributed by atoms with Crippen LogP contribution in [-0.4, -0.2) is 19.5 Å². The van der Waals surface area contributed by atoms with Crippen molar-refractivity contribution in [3.63, 3.8) is 0 Å². The number of nitriles is 1. The van der Waals surface area contributed by atoms with E-state index in [0.717, 1.165) is 77.2 Å². The SMILES string of the molecule is N#Cc1ccc2c3ccccc3n(-c3ccc(-c4ccc5oc6ccccc6c5c4)cc3-c3nc(-c4ccccc4)nc(-c4ccccc4)n3)c2c1. The summed E-state index contributed by atoms with van der Waals surface area (Å²) in [6.45, 7) is 0. The summed E-state index contributed by atoms with van der Waals surface area (Å²) >= 11 is 0. The number of benzene rings is 7. The van der Waals surface area contributed by atoms with E-state index in [0.29, 0.717) is 23.0 Å². The summed E-state index contributed by atoms with van der Waals surface area (Å²) < 4.78 is 8.39. The summed E-state index contributed by atoms with van der Waals surface area (Å²) in [5.41, 5.74) is 9.82. The Labute approximate surface area is 298 Å². The maximum absolute atomic E-state index is 9.94. The Morgan fingerprint density at radius 1 is 0.442 bits per heavy atom. The number of hydrogen-bond acceptors (Lipinski definition) is 5. The molecule has 0 N–H and O–H groups in total. The molecular formula is C46H27N5O. The standard InChI is InChI=1S/C46H27N5O/c47-28-29-19-22-35-34-15-7-9-17-39(34)51(41(35)25-29)40-23-20-32(33-21-24-43-37(26-33)36-16-8-10-18-42(36)52-43)27-38(40)46-49-44(30-11-3-1-4-12-30)48-45(50-46)31-13-5-2-6-14-31/h1-27H. The van der Waals surface area contributed by atoms with Crippen molar-refractivity contribution in [2.75, 3.05) is 0 Å². The lowest BCUT2D eigenvalue weighted by Crippen LogP contribution is -2.04. The molecule has 0 saturated heterocycles. The molecule has 0 spiro atoms. The van der Waals surface area contributed by atoms with E-state index in [1.165, 1.54) is 0 Å². The molecule has 3 aromatic heterocycles. The Hall–Kier alpha value is -7.36. The molecule has 0 unspecified atom stereocenters. The number of para-hydroxylation sites is 2. The second-order valence-corrected chi connectivity index (χ2v) is 12.8. The van der Waals surface area contributed by atoms with E-state index >= 15 is 0 Å². The fraction of sp³-hybridized carbons (Fsp3) is 0. The topological polar surface area (TPSA) is 80.5 Å². The molecule has 242 valence electrons. The third kappa shape index (κ3) is 4.84. The zero-order valence-electron chi connectivity index (χ0n) is 27.7. The molecule has 10 aromatic rings. The van der Waals surface area contributed by atoms with Crippen molar-refractivity contribution < 1.29 is 4.42 Å². The summed E-state index contributed by atoms with van der Waals surface area (Å²) in [6.07, 6.45) is 0. The van der Waals surface area contributed by atoms with E-state index in [-0.39, 0.29) is 0 Å². The van der Waals surface area contributed by atoms with Crippen LogP contribution < -0.4 is 0 Å². The van der Waals surface area contributed by atoms with Crippen LogP contribution in [0.5, 0.6) is 0 Å². The molecule has 52 heavy (non-hydrogen) atoms. The van der Waals surface area contributed by atoms with Crippen LogP contribution in [0.2, 0.25) is 0 Å². The van der Waals surface area contributed by atoms with Crippen LogP contribution in [0.1, 0.15) is 5.56 Å². The zero-order valence-corrected chi connectivity index (χ0v) is 27.7. The molecule has 0 aliphatic rings. The highest BCUT2D eigenvalue weighted by Crippen LogP contribution is 2.39. The van der Waals surface area contributed by atoms with Crippen LogP contribution in [0.4, 0.5) is 0 Å². The van der Waals surface area contributed by atoms with Crippen molar-refractivity contribution >= 4 is 43.7 Å². The predicted molar refractivity (Wildman–Crippen MR) is 208 cm³/mol. The van der Waals surface area contributed by atoms with Crippen molar-refractivity contribution in [1.29, 1.82) is 5.26 Å². The van der Waals surface area contributed by atoms with Gasteiger partial charge in [-0.3, -0.25) is 0 Å². The first-order valence-electron chi connectivity index (χ1n) is 17.1. The monoisotopic (exact) mass is 665 g/mol. The summed E-state index contributed by atoms with van der Waals surface area (Å²) in [4.78, 5) is 15.3. The van der Waals surface area contributed by atoms with Gasteiger partial charge in [0.25, 0.3) is 0 Å². The van der Waals surface area contributed by atoms with Gasteiger partial charge in [-0.1, -0.05) is 115 Å². The van der Waals surface area contributed by atoms with Crippen LogP contribution >= 0.6 is 0 Å². The van der Waals surface area contributed by atoms with Gasteiger partial charge in [0.15, 0.2) is 17.5 Å². The zero-order chi connectivity index (χ0) is 34.6. The van der Waals surface area contributed by atoms with E-state index < -0.39 is 0 Å². The molecular weight excluding hydrogens is 639 g/mol. The number of rotatable bonds is 5. The summed E-state index contributed by atoms with van der Waals surface area (Å²) in [5, 5.41) is 14.2. The van der Waals surface area contributed by atoms with Gasteiger partial charge in [0.05, 0.1) is 28.4 Å². The summed E-state index contributed by atoms with van der Waals surface area (Å²) in [5.74, 6) is 1.71. The maximum atomic E-state index is 9.94. The molecule has 10 rings (SSSR count). The van der Waals surface area contributed by atoms with Gasteiger partial charge in [-0.05, 0) is 59.7 Å². The molecule has 0 fully saturated rings. The molecule has 0 aliphatic carbocycles. The Morgan fingerprint density at radius 2 is 1.04 bits per heavy atom. The van der Waals surface area contributed by atoms with Gasteiger partial charge in [0, 0.05) is 38.2 Å². The Balaban J connectivity index is 1.28. The first kappa shape index (κ1) is 29.5. The quantitative estimate of drug-likeness (QED) is 0.183. The molecule has 7 aromatic carbocycles. The highest BCUT2D eigenvalue weighted by atomic mass is 16.3. The van der Waals surface area contributed by atoms with Gasteiger partial charge in [-0.2, -0.15) is 5.26 Å². The summed E-state index contributed by atoms with van der Waals surface area (Å²) in [6, 6.07) is 57.5. The Bertz CT molecular complexity index is 2970. The maximum Gasteiger partial charge on any atom is 0.166 e. The van der Waals surface area contributed by atoms with E-state index in [2.05, 4.69) is 59.2 Å². The first-order valence-corrected chi connectivity index (χ1v) is 17.1. The normalized spacial score (nSPS) is 11.4.